The van der Waals surface area contributed by atoms with Crippen LogP contribution in [0.3, 0.4) is 0 Å². The minimum absolute atomic E-state index is 0.0247. The zero-order valence-electron chi connectivity index (χ0n) is 9.11. The molecule has 1 aliphatic carbocycles. The van der Waals surface area contributed by atoms with E-state index in [9.17, 15) is 9.90 Å². The zero-order valence-corrected chi connectivity index (χ0v) is 11.3. The van der Waals surface area contributed by atoms with Crippen molar-refractivity contribution < 1.29 is 9.90 Å². The first-order valence-electron chi connectivity index (χ1n) is 5.43. The normalized spacial score (nSPS) is 14.9. The van der Waals surface area contributed by atoms with Gasteiger partial charge in [-0.15, -0.1) is 0 Å². The summed E-state index contributed by atoms with van der Waals surface area (Å²) in [5, 5.41) is 9.58. The van der Waals surface area contributed by atoms with Crippen LogP contribution in [0.5, 0.6) is 5.75 Å². The first-order chi connectivity index (χ1) is 7.63. The number of benzene rings is 1. The van der Waals surface area contributed by atoms with Crippen molar-refractivity contribution in [1.29, 1.82) is 0 Å². The lowest BCUT2D eigenvalue weighted by Crippen LogP contribution is -2.32. The lowest BCUT2D eigenvalue weighted by molar-refractivity contribution is 0.0752. The number of carbonyl (C=O) groups is 1. The smallest absolute Gasteiger partial charge is 0.254 e. The number of hydrogen-bond donors (Lipinski definition) is 1. The topological polar surface area (TPSA) is 40.5 Å². The number of nitrogens with zero attached hydrogens (tertiary/aromatic N) is 1. The highest BCUT2D eigenvalue weighted by atomic mass is 127. The molecule has 16 heavy (non-hydrogen) atoms. The highest BCUT2D eigenvalue weighted by Crippen LogP contribution is 2.29. The largest absolute Gasteiger partial charge is 0.507 e. The van der Waals surface area contributed by atoms with Gasteiger partial charge < -0.3 is 10.0 Å². The first-order valence-corrected chi connectivity index (χ1v) is 6.51. The van der Waals surface area contributed by atoms with Gasteiger partial charge in [0.25, 0.3) is 5.91 Å². The van der Waals surface area contributed by atoms with Crippen LogP contribution in [0.25, 0.3) is 0 Å². The Morgan fingerprint density at radius 2 is 2.25 bits per heavy atom. The molecule has 1 amide bonds. The molecule has 1 fully saturated rings. The van der Waals surface area contributed by atoms with Crippen molar-refractivity contribution in [3.05, 3.63) is 27.3 Å². The maximum atomic E-state index is 12.1. The highest BCUT2D eigenvalue weighted by Gasteiger charge is 2.31. The van der Waals surface area contributed by atoms with Crippen LogP contribution >= 0.6 is 22.6 Å². The number of rotatable bonds is 3. The minimum Gasteiger partial charge on any atom is -0.507 e. The maximum absolute atomic E-state index is 12.1. The van der Waals surface area contributed by atoms with Crippen molar-refractivity contribution in [2.75, 3.05) is 6.54 Å². The lowest BCUT2D eigenvalue weighted by atomic mass is 10.2. The van der Waals surface area contributed by atoms with Gasteiger partial charge in [-0.1, -0.05) is 0 Å². The van der Waals surface area contributed by atoms with E-state index >= 15 is 0 Å². The van der Waals surface area contributed by atoms with Crippen LogP contribution in [0, 0.1) is 3.57 Å². The van der Waals surface area contributed by atoms with Gasteiger partial charge in [0, 0.05) is 18.2 Å². The Labute approximate surface area is 109 Å². The van der Waals surface area contributed by atoms with Gasteiger partial charge in [0.1, 0.15) is 5.75 Å². The fourth-order valence-electron chi connectivity index (χ4n) is 1.77. The number of hydrogen-bond acceptors (Lipinski definition) is 2. The summed E-state index contributed by atoms with van der Waals surface area (Å²) < 4.78 is 0.767. The zero-order chi connectivity index (χ0) is 11.7. The molecule has 0 unspecified atom stereocenters. The van der Waals surface area contributed by atoms with Gasteiger partial charge in [-0.25, -0.2) is 0 Å². The van der Waals surface area contributed by atoms with E-state index in [1.807, 2.05) is 34.4 Å². The van der Waals surface area contributed by atoms with Gasteiger partial charge in [0.15, 0.2) is 0 Å². The van der Waals surface area contributed by atoms with Crippen molar-refractivity contribution in [3.63, 3.8) is 0 Å². The van der Waals surface area contributed by atoms with Crippen molar-refractivity contribution in [1.82, 2.24) is 4.90 Å². The minimum atomic E-state index is 0.0247. The van der Waals surface area contributed by atoms with E-state index in [4.69, 9.17) is 0 Å². The van der Waals surface area contributed by atoms with E-state index in [2.05, 4.69) is 0 Å². The summed E-state index contributed by atoms with van der Waals surface area (Å²) in [5.41, 5.74) is 0.576. The molecule has 0 radical (unpaired) electrons. The van der Waals surface area contributed by atoms with Crippen LogP contribution in [0.4, 0.5) is 0 Å². The molecule has 0 spiro atoms. The van der Waals surface area contributed by atoms with Crippen molar-refractivity contribution in [2.45, 2.75) is 25.8 Å². The van der Waals surface area contributed by atoms with Crippen LogP contribution in [0.1, 0.15) is 30.1 Å². The van der Waals surface area contributed by atoms with Crippen LogP contribution in [0.2, 0.25) is 0 Å². The van der Waals surface area contributed by atoms with E-state index in [0.717, 1.165) is 23.0 Å². The molecule has 0 bridgehead atoms. The van der Waals surface area contributed by atoms with E-state index in [0.29, 0.717) is 11.6 Å². The Balaban J connectivity index is 2.22. The van der Waals surface area contributed by atoms with Gasteiger partial charge in [-0.2, -0.15) is 0 Å². The van der Waals surface area contributed by atoms with E-state index in [1.54, 1.807) is 18.2 Å². The molecule has 86 valence electrons. The molecule has 1 aliphatic rings. The molecule has 1 N–H and O–H groups in total. The van der Waals surface area contributed by atoms with Crippen LogP contribution in [-0.4, -0.2) is 28.5 Å². The molecule has 1 aromatic carbocycles. The second-order valence-electron chi connectivity index (χ2n) is 3.99. The van der Waals surface area contributed by atoms with E-state index < -0.39 is 0 Å². The molecule has 1 saturated carbocycles. The summed E-state index contributed by atoms with van der Waals surface area (Å²) in [6.07, 6.45) is 2.21. The Kier molecular flexibility index (Phi) is 3.37. The number of halogens is 1. The second kappa shape index (κ2) is 4.61. The lowest BCUT2D eigenvalue weighted by Gasteiger charge is -2.20. The summed E-state index contributed by atoms with van der Waals surface area (Å²) >= 11 is 2.04. The van der Waals surface area contributed by atoms with Gasteiger partial charge in [0.2, 0.25) is 0 Å². The summed E-state index contributed by atoms with van der Waals surface area (Å²) in [6, 6.07) is 5.51. The molecule has 0 atom stereocenters. The average molecular weight is 331 g/mol. The molecule has 1 aromatic rings. The third-order valence-corrected chi connectivity index (χ3v) is 3.69. The Bertz CT molecular complexity index is 415. The summed E-state index contributed by atoms with van der Waals surface area (Å²) in [6.45, 7) is 2.72. The fraction of sp³-hybridized carbons (Fsp3) is 0.417. The molecule has 4 heteroatoms. The number of aromatic hydroxyl groups is 1. The van der Waals surface area contributed by atoms with Gasteiger partial charge in [-0.3, -0.25) is 4.79 Å². The Morgan fingerprint density at radius 3 is 2.75 bits per heavy atom. The van der Waals surface area contributed by atoms with Crippen molar-refractivity contribution in [3.8, 4) is 5.75 Å². The van der Waals surface area contributed by atoms with Gasteiger partial charge in [0.05, 0.1) is 3.57 Å². The Hall–Kier alpha value is -0.780. The first kappa shape index (κ1) is 11.7. The molecule has 0 heterocycles. The quantitative estimate of drug-likeness (QED) is 0.865. The maximum Gasteiger partial charge on any atom is 0.254 e. The monoisotopic (exact) mass is 331 g/mol. The van der Waals surface area contributed by atoms with Crippen molar-refractivity contribution in [2.24, 2.45) is 0 Å². The third kappa shape index (κ3) is 2.31. The Morgan fingerprint density at radius 1 is 1.56 bits per heavy atom. The number of amides is 1. The molecule has 2 rings (SSSR count). The number of phenols is 1. The SMILES string of the molecule is CCN(C(=O)c1ccc(I)c(O)c1)C1CC1. The predicted molar refractivity (Wildman–Crippen MR) is 70.6 cm³/mol. The fourth-order valence-corrected chi connectivity index (χ4v) is 2.10. The highest BCUT2D eigenvalue weighted by molar-refractivity contribution is 14.1. The number of carbonyl (C=O) groups excluding carboxylic acids is 1. The molecule has 0 aromatic heterocycles. The average Bonchev–Trinajstić information content (AvgIpc) is 3.07. The third-order valence-electron chi connectivity index (χ3n) is 2.78. The van der Waals surface area contributed by atoms with Crippen LogP contribution in [0.15, 0.2) is 18.2 Å². The number of phenolic OH excluding ortho intramolecular Hbond substituents is 1. The molecule has 0 saturated heterocycles. The molecule has 0 aliphatic heterocycles. The van der Waals surface area contributed by atoms with Crippen LogP contribution < -0.4 is 0 Å². The predicted octanol–water partition coefficient (Wildman–Crippen LogP) is 2.62. The summed E-state index contributed by atoms with van der Waals surface area (Å²) in [5.74, 6) is 0.204. The van der Waals surface area contributed by atoms with Gasteiger partial charge in [-0.05, 0) is 60.6 Å². The molecular weight excluding hydrogens is 317 g/mol. The second-order valence-corrected chi connectivity index (χ2v) is 5.15. The summed E-state index contributed by atoms with van der Waals surface area (Å²) in [7, 11) is 0. The molecular formula is C12H14INO2. The molecule has 3 nitrogen and oxygen atoms in total. The standard InChI is InChI=1S/C12H14INO2/c1-2-14(9-4-5-9)12(16)8-3-6-10(13)11(15)7-8/h3,6-7,9,15H,2,4-5H2,1H3. The summed E-state index contributed by atoms with van der Waals surface area (Å²) in [4.78, 5) is 14.0. The van der Waals surface area contributed by atoms with E-state index in [1.165, 1.54) is 0 Å². The van der Waals surface area contributed by atoms with Gasteiger partial charge >= 0.3 is 0 Å². The van der Waals surface area contributed by atoms with Crippen LogP contribution in [-0.2, 0) is 0 Å². The van der Waals surface area contributed by atoms with Crippen molar-refractivity contribution >= 4 is 28.5 Å². The van der Waals surface area contributed by atoms with E-state index in [-0.39, 0.29) is 11.7 Å².